The molecule has 262 valence electrons. The van der Waals surface area contributed by atoms with Gasteiger partial charge in [0.05, 0.1) is 33.5 Å². The molecule has 0 aliphatic carbocycles. The standard InChI is InChI=1S/C52H34N4/c1-4-14-35(15-5-1)36-24-28-40(29-25-36)55-48-22-12-10-20-42(48)44-32-33-45-43-21-11-13-23-49(43)56(51(45)50(44)55)41-30-26-39(27-31-41)52-53-46(37-16-6-2-7-17-37)34-47(54-52)38-18-8-3-9-19-38/h1-34H. The predicted octanol–water partition coefficient (Wildman–Crippen LogP) is 13.3. The number of benzene rings is 8. The molecule has 0 saturated heterocycles. The third-order valence-corrected chi connectivity index (χ3v) is 11.0. The maximum atomic E-state index is 5.11. The molecule has 0 fully saturated rings. The molecule has 0 amide bonds. The Morgan fingerprint density at radius 1 is 0.286 bits per heavy atom. The van der Waals surface area contributed by atoms with Crippen LogP contribution in [0.15, 0.2) is 206 Å². The molecule has 11 rings (SSSR count). The van der Waals surface area contributed by atoms with Gasteiger partial charge in [-0.1, -0.05) is 152 Å². The molecule has 0 aliphatic rings. The van der Waals surface area contributed by atoms with Crippen molar-refractivity contribution in [3.8, 4) is 56.4 Å². The van der Waals surface area contributed by atoms with Gasteiger partial charge in [-0.05, 0) is 65.7 Å². The molecule has 11 aromatic rings. The first-order valence-corrected chi connectivity index (χ1v) is 19.0. The second-order valence-corrected chi connectivity index (χ2v) is 14.2. The smallest absolute Gasteiger partial charge is 0.160 e. The van der Waals surface area contributed by atoms with E-state index >= 15 is 0 Å². The summed E-state index contributed by atoms with van der Waals surface area (Å²) in [5.41, 5.74) is 14.2. The van der Waals surface area contributed by atoms with E-state index < -0.39 is 0 Å². The Kier molecular flexibility index (Phi) is 7.46. The lowest BCUT2D eigenvalue weighted by atomic mass is 10.1. The second kappa shape index (κ2) is 13.1. The third kappa shape index (κ3) is 5.23. The van der Waals surface area contributed by atoms with E-state index in [4.69, 9.17) is 9.97 Å². The minimum absolute atomic E-state index is 0.695. The van der Waals surface area contributed by atoms with Gasteiger partial charge in [0.15, 0.2) is 5.82 Å². The highest BCUT2D eigenvalue weighted by Gasteiger charge is 2.21. The Hall–Kier alpha value is -7.56. The first-order valence-electron chi connectivity index (χ1n) is 19.0. The van der Waals surface area contributed by atoms with Crippen molar-refractivity contribution < 1.29 is 0 Å². The van der Waals surface area contributed by atoms with Gasteiger partial charge in [-0.3, -0.25) is 0 Å². The molecule has 0 unspecified atom stereocenters. The molecule has 3 heterocycles. The van der Waals surface area contributed by atoms with Crippen molar-refractivity contribution in [2.45, 2.75) is 0 Å². The van der Waals surface area contributed by atoms with E-state index in [0.717, 1.165) is 45.0 Å². The van der Waals surface area contributed by atoms with E-state index in [2.05, 4.69) is 203 Å². The van der Waals surface area contributed by atoms with Crippen LogP contribution in [0, 0.1) is 0 Å². The summed E-state index contributed by atoms with van der Waals surface area (Å²) in [5.74, 6) is 0.695. The van der Waals surface area contributed by atoms with E-state index in [1.165, 1.54) is 49.2 Å². The molecule has 3 aromatic heterocycles. The Bertz CT molecular complexity index is 3140. The van der Waals surface area contributed by atoms with Crippen LogP contribution in [-0.4, -0.2) is 19.1 Å². The van der Waals surface area contributed by atoms with Crippen molar-refractivity contribution >= 4 is 43.6 Å². The Morgan fingerprint density at radius 3 is 1.12 bits per heavy atom. The molecule has 0 aliphatic heterocycles. The van der Waals surface area contributed by atoms with Gasteiger partial charge >= 0.3 is 0 Å². The molecule has 0 radical (unpaired) electrons. The van der Waals surface area contributed by atoms with Crippen LogP contribution >= 0.6 is 0 Å². The Morgan fingerprint density at radius 2 is 0.661 bits per heavy atom. The summed E-state index contributed by atoms with van der Waals surface area (Å²) in [5, 5.41) is 4.89. The fraction of sp³-hybridized carbons (Fsp3) is 0. The molecule has 4 heteroatoms. The van der Waals surface area contributed by atoms with Crippen LogP contribution in [0.3, 0.4) is 0 Å². The fourth-order valence-corrected chi connectivity index (χ4v) is 8.32. The summed E-state index contributed by atoms with van der Waals surface area (Å²) in [6.45, 7) is 0. The van der Waals surface area contributed by atoms with Crippen LogP contribution in [0.4, 0.5) is 0 Å². The molecule has 8 aromatic carbocycles. The van der Waals surface area contributed by atoms with Gasteiger partial charge in [-0.2, -0.15) is 0 Å². The average Bonchev–Trinajstić information content (AvgIpc) is 3.80. The lowest BCUT2D eigenvalue weighted by Gasteiger charge is -2.14. The van der Waals surface area contributed by atoms with E-state index in [1.54, 1.807) is 0 Å². The van der Waals surface area contributed by atoms with Gasteiger partial charge in [0.25, 0.3) is 0 Å². The monoisotopic (exact) mass is 714 g/mol. The summed E-state index contributed by atoms with van der Waals surface area (Å²) < 4.78 is 4.88. The van der Waals surface area contributed by atoms with Crippen molar-refractivity contribution in [3.63, 3.8) is 0 Å². The number of rotatable bonds is 6. The molecular formula is C52H34N4. The average molecular weight is 715 g/mol. The summed E-state index contributed by atoms with van der Waals surface area (Å²) in [4.78, 5) is 10.2. The van der Waals surface area contributed by atoms with Crippen LogP contribution in [-0.2, 0) is 0 Å². The summed E-state index contributed by atoms with van der Waals surface area (Å²) >= 11 is 0. The zero-order chi connectivity index (χ0) is 37.0. The second-order valence-electron chi connectivity index (χ2n) is 14.2. The maximum Gasteiger partial charge on any atom is 0.160 e. The Labute approximate surface area is 324 Å². The third-order valence-electron chi connectivity index (χ3n) is 11.0. The zero-order valence-corrected chi connectivity index (χ0v) is 30.4. The SMILES string of the molecule is c1ccc(-c2ccc(-n3c4ccccc4c4ccc5c6ccccc6n(-c6ccc(-c7nc(-c8ccccc8)cc(-c8ccccc8)n7)cc6)c5c43)cc2)cc1. The number of hydrogen-bond donors (Lipinski definition) is 0. The van der Waals surface area contributed by atoms with Gasteiger partial charge in [0, 0.05) is 49.6 Å². The summed E-state index contributed by atoms with van der Waals surface area (Å²) in [7, 11) is 0. The first kappa shape index (κ1) is 31.9. The molecule has 0 N–H and O–H groups in total. The van der Waals surface area contributed by atoms with Crippen LogP contribution in [0.25, 0.3) is 100 Å². The number of para-hydroxylation sites is 2. The largest absolute Gasteiger partial charge is 0.307 e. The van der Waals surface area contributed by atoms with Gasteiger partial charge in [-0.25, -0.2) is 9.97 Å². The van der Waals surface area contributed by atoms with Crippen LogP contribution in [0.2, 0.25) is 0 Å². The zero-order valence-electron chi connectivity index (χ0n) is 30.4. The molecule has 4 nitrogen and oxygen atoms in total. The van der Waals surface area contributed by atoms with Gasteiger partial charge < -0.3 is 9.13 Å². The van der Waals surface area contributed by atoms with E-state index in [0.29, 0.717) is 5.82 Å². The number of hydrogen-bond acceptors (Lipinski definition) is 2. The molecule has 56 heavy (non-hydrogen) atoms. The maximum absolute atomic E-state index is 5.11. The normalized spacial score (nSPS) is 11.6. The van der Waals surface area contributed by atoms with Crippen molar-refractivity contribution in [2.75, 3.05) is 0 Å². The molecule has 0 saturated carbocycles. The van der Waals surface area contributed by atoms with E-state index in [-0.39, 0.29) is 0 Å². The quantitative estimate of drug-likeness (QED) is 0.172. The summed E-state index contributed by atoms with van der Waals surface area (Å²) in [6.07, 6.45) is 0. The van der Waals surface area contributed by atoms with Crippen molar-refractivity contribution in [1.29, 1.82) is 0 Å². The number of aromatic nitrogens is 4. The summed E-state index contributed by atoms with van der Waals surface area (Å²) in [6, 6.07) is 73.2. The van der Waals surface area contributed by atoms with Gasteiger partial charge in [0.1, 0.15) is 0 Å². The molecule has 0 spiro atoms. The van der Waals surface area contributed by atoms with Crippen molar-refractivity contribution in [1.82, 2.24) is 19.1 Å². The number of fused-ring (bicyclic) bond motifs is 7. The highest BCUT2D eigenvalue weighted by atomic mass is 15.0. The minimum atomic E-state index is 0.695. The fourth-order valence-electron chi connectivity index (χ4n) is 8.32. The van der Waals surface area contributed by atoms with Crippen LogP contribution in [0.5, 0.6) is 0 Å². The highest BCUT2D eigenvalue weighted by Crippen LogP contribution is 2.42. The highest BCUT2D eigenvalue weighted by molar-refractivity contribution is 6.23. The lowest BCUT2D eigenvalue weighted by molar-refractivity contribution is 1.14. The predicted molar refractivity (Wildman–Crippen MR) is 232 cm³/mol. The molecule has 0 atom stereocenters. The molecule has 0 bridgehead atoms. The van der Waals surface area contributed by atoms with Crippen LogP contribution < -0.4 is 0 Å². The Balaban J connectivity index is 1.12. The van der Waals surface area contributed by atoms with Crippen LogP contribution in [0.1, 0.15) is 0 Å². The first-order chi connectivity index (χ1) is 27.8. The van der Waals surface area contributed by atoms with Gasteiger partial charge in [-0.15, -0.1) is 0 Å². The minimum Gasteiger partial charge on any atom is -0.307 e. The van der Waals surface area contributed by atoms with Gasteiger partial charge in [0.2, 0.25) is 0 Å². The number of nitrogens with zero attached hydrogens (tertiary/aromatic N) is 4. The van der Waals surface area contributed by atoms with Crippen molar-refractivity contribution in [3.05, 3.63) is 206 Å². The molecular weight excluding hydrogens is 681 g/mol. The van der Waals surface area contributed by atoms with Crippen molar-refractivity contribution in [2.24, 2.45) is 0 Å². The lowest BCUT2D eigenvalue weighted by Crippen LogP contribution is -1.99. The van der Waals surface area contributed by atoms with E-state index in [9.17, 15) is 0 Å². The van der Waals surface area contributed by atoms with E-state index in [1.807, 2.05) is 12.1 Å². The topological polar surface area (TPSA) is 35.6 Å².